The average Bonchev–Trinajstić information content (AvgIpc) is 2.56. The maximum atomic E-state index is 12.2. The van der Waals surface area contributed by atoms with E-state index >= 15 is 0 Å². The van der Waals surface area contributed by atoms with Gasteiger partial charge in [-0.25, -0.2) is 4.79 Å². The largest absolute Gasteiger partial charge is 0.457 e. The molecular formula is C18H20N2O3. The number of amides is 2. The number of anilines is 1. The third-order valence-corrected chi connectivity index (χ3v) is 3.07. The predicted octanol–water partition coefficient (Wildman–Crippen LogP) is 3.49. The van der Waals surface area contributed by atoms with E-state index in [1.807, 2.05) is 36.4 Å². The van der Waals surface area contributed by atoms with Crippen LogP contribution in [0.4, 0.5) is 10.5 Å². The topological polar surface area (TPSA) is 61.8 Å². The van der Waals surface area contributed by atoms with Gasteiger partial charge in [-0.15, -0.1) is 6.58 Å². The lowest BCUT2D eigenvalue weighted by molar-refractivity contribution is 0.195. The van der Waals surface area contributed by atoms with Crippen molar-refractivity contribution in [1.29, 1.82) is 0 Å². The lowest BCUT2D eigenvalue weighted by Crippen LogP contribution is -2.37. The first-order valence-corrected chi connectivity index (χ1v) is 7.33. The highest BCUT2D eigenvalue weighted by molar-refractivity contribution is 5.89. The third-order valence-electron chi connectivity index (χ3n) is 3.07. The summed E-state index contributed by atoms with van der Waals surface area (Å²) >= 11 is 0. The number of rotatable bonds is 7. The number of ether oxygens (including phenoxy) is 1. The van der Waals surface area contributed by atoms with Gasteiger partial charge in [0.15, 0.2) is 0 Å². The molecular weight excluding hydrogens is 292 g/mol. The number of aliphatic hydroxyl groups is 1. The maximum absolute atomic E-state index is 12.2. The number of para-hydroxylation sites is 1. The Labute approximate surface area is 135 Å². The number of hydrogen-bond donors (Lipinski definition) is 2. The van der Waals surface area contributed by atoms with E-state index in [1.54, 1.807) is 24.3 Å². The second-order valence-electron chi connectivity index (χ2n) is 4.83. The molecule has 0 spiro atoms. The lowest BCUT2D eigenvalue weighted by atomic mass is 10.3. The van der Waals surface area contributed by atoms with Crippen molar-refractivity contribution in [1.82, 2.24) is 4.90 Å². The van der Waals surface area contributed by atoms with Gasteiger partial charge in [0.1, 0.15) is 11.5 Å². The second-order valence-corrected chi connectivity index (χ2v) is 4.83. The first-order valence-electron chi connectivity index (χ1n) is 7.33. The zero-order valence-electron chi connectivity index (χ0n) is 12.8. The van der Waals surface area contributed by atoms with E-state index in [0.29, 0.717) is 18.0 Å². The van der Waals surface area contributed by atoms with Crippen LogP contribution in [0.2, 0.25) is 0 Å². The van der Waals surface area contributed by atoms with Gasteiger partial charge in [-0.3, -0.25) is 0 Å². The molecule has 0 aliphatic carbocycles. The van der Waals surface area contributed by atoms with Gasteiger partial charge >= 0.3 is 6.03 Å². The molecule has 5 heteroatoms. The fraction of sp³-hybridized carbons (Fsp3) is 0.167. The molecule has 2 amide bonds. The standard InChI is InChI=1S/C18H20N2O3/c1-2-11-20(12-13-21)18(22)19-15-7-6-10-17(14-15)23-16-8-4-3-5-9-16/h2-10,14,21H,1,11-13H2,(H,19,22). The summed E-state index contributed by atoms with van der Waals surface area (Å²) in [5.74, 6) is 1.36. The van der Waals surface area contributed by atoms with E-state index in [0.717, 1.165) is 5.75 Å². The Morgan fingerprint density at radius 3 is 2.61 bits per heavy atom. The van der Waals surface area contributed by atoms with Crippen molar-refractivity contribution in [2.45, 2.75) is 0 Å². The van der Waals surface area contributed by atoms with Gasteiger partial charge in [0.25, 0.3) is 0 Å². The number of carbonyl (C=O) groups is 1. The van der Waals surface area contributed by atoms with Gasteiger partial charge in [0.05, 0.1) is 6.61 Å². The molecule has 23 heavy (non-hydrogen) atoms. The van der Waals surface area contributed by atoms with Gasteiger partial charge in [-0.2, -0.15) is 0 Å². The molecule has 0 fully saturated rings. The minimum atomic E-state index is -0.296. The zero-order chi connectivity index (χ0) is 16.5. The molecule has 0 heterocycles. The molecule has 0 aromatic heterocycles. The Morgan fingerprint density at radius 2 is 1.91 bits per heavy atom. The molecule has 0 unspecified atom stereocenters. The summed E-state index contributed by atoms with van der Waals surface area (Å²) in [7, 11) is 0. The molecule has 2 aromatic rings. The summed E-state index contributed by atoms with van der Waals surface area (Å²) in [6.07, 6.45) is 1.62. The fourth-order valence-corrected chi connectivity index (χ4v) is 2.02. The van der Waals surface area contributed by atoms with E-state index in [9.17, 15) is 4.79 Å². The van der Waals surface area contributed by atoms with Crippen molar-refractivity contribution in [2.75, 3.05) is 25.0 Å². The summed E-state index contributed by atoms with van der Waals surface area (Å²) in [6, 6.07) is 16.3. The molecule has 0 atom stereocenters. The molecule has 2 aromatic carbocycles. The van der Waals surface area contributed by atoms with E-state index in [2.05, 4.69) is 11.9 Å². The fourth-order valence-electron chi connectivity index (χ4n) is 2.02. The van der Waals surface area contributed by atoms with Crippen LogP contribution in [0.25, 0.3) is 0 Å². The van der Waals surface area contributed by atoms with Crippen LogP contribution < -0.4 is 10.1 Å². The number of carbonyl (C=O) groups excluding carboxylic acids is 1. The number of nitrogens with one attached hydrogen (secondary N) is 1. The van der Waals surface area contributed by atoms with E-state index in [4.69, 9.17) is 9.84 Å². The van der Waals surface area contributed by atoms with Crippen LogP contribution >= 0.6 is 0 Å². The summed E-state index contributed by atoms with van der Waals surface area (Å²) in [4.78, 5) is 13.6. The lowest BCUT2D eigenvalue weighted by Gasteiger charge is -2.20. The van der Waals surface area contributed by atoms with Crippen molar-refractivity contribution in [2.24, 2.45) is 0 Å². The number of benzene rings is 2. The monoisotopic (exact) mass is 312 g/mol. The molecule has 2 N–H and O–H groups in total. The van der Waals surface area contributed by atoms with Crippen LogP contribution in [0.3, 0.4) is 0 Å². The van der Waals surface area contributed by atoms with Gasteiger partial charge in [-0.1, -0.05) is 30.3 Å². The quantitative estimate of drug-likeness (QED) is 0.769. The van der Waals surface area contributed by atoms with Crippen LogP contribution in [0.1, 0.15) is 0 Å². The van der Waals surface area contributed by atoms with Crippen LogP contribution in [-0.4, -0.2) is 35.7 Å². The summed E-state index contributed by atoms with van der Waals surface area (Å²) in [6.45, 7) is 4.13. The first kappa shape index (κ1) is 16.6. The van der Waals surface area contributed by atoms with E-state index in [1.165, 1.54) is 4.90 Å². The molecule has 2 rings (SSSR count). The van der Waals surface area contributed by atoms with Crippen LogP contribution in [0.5, 0.6) is 11.5 Å². The van der Waals surface area contributed by atoms with E-state index < -0.39 is 0 Å². The predicted molar refractivity (Wildman–Crippen MR) is 90.8 cm³/mol. The molecule has 0 saturated heterocycles. The van der Waals surface area contributed by atoms with Crippen molar-refractivity contribution < 1.29 is 14.6 Å². The maximum Gasteiger partial charge on any atom is 0.322 e. The first-order chi connectivity index (χ1) is 11.2. The van der Waals surface area contributed by atoms with Gasteiger partial charge in [0, 0.05) is 24.8 Å². The third kappa shape index (κ3) is 5.16. The highest BCUT2D eigenvalue weighted by atomic mass is 16.5. The molecule has 0 aliphatic heterocycles. The Balaban J connectivity index is 2.04. The number of aliphatic hydroxyl groups excluding tert-OH is 1. The Morgan fingerprint density at radius 1 is 1.17 bits per heavy atom. The molecule has 0 radical (unpaired) electrons. The smallest absolute Gasteiger partial charge is 0.322 e. The highest BCUT2D eigenvalue weighted by Crippen LogP contribution is 2.23. The minimum absolute atomic E-state index is 0.0988. The zero-order valence-corrected chi connectivity index (χ0v) is 12.8. The molecule has 120 valence electrons. The van der Waals surface area contributed by atoms with Crippen LogP contribution in [0.15, 0.2) is 67.3 Å². The van der Waals surface area contributed by atoms with Crippen molar-refractivity contribution in [3.8, 4) is 11.5 Å². The molecule has 0 aliphatic rings. The Hall–Kier alpha value is -2.79. The van der Waals surface area contributed by atoms with E-state index in [-0.39, 0.29) is 19.2 Å². The van der Waals surface area contributed by atoms with Crippen LogP contribution in [0, 0.1) is 0 Å². The summed E-state index contributed by atoms with van der Waals surface area (Å²) in [5, 5.41) is 11.8. The Bertz CT molecular complexity index is 644. The summed E-state index contributed by atoms with van der Waals surface area (Å²) in [5.41, 5.74) is 0.621. The van der Waals surface area contributed by atoms with Gasteiger partial charge < -0.3 is 20.1 Å². The molecule has 5 nitrogen and oxygen atoms in total. The van der Waals surface area contributed by atoms with Crippen molar-refractivity contribution in [3.05, 3.63) is 67.3 Å². The molecule has 0 saturated carbocycles. The van der Waals surface area contributed by atoms with Crippen molar-refractivity contribution in [3.63, 3.8) is 0 Å². The normalized spacial score (nSPS) is 9.96. The minimum Gasteiger partial charge on any atom is -0.457 e. The number of urea groups is 1. The second kappa shape index (κ2) is 8.60. The van der Waals surface area contributed by atoms with Gasteiger partial charge in [-0.05, 0) is 24.3 Å². The SMILES string of the molecule is C=CCN(CCO)C(=O)Nc1cccc(Oc2ccccc2)c1. The van der Waals surface area contributed by atoms with Crippen molar-refractivity contribution >= 4 is 11.7 Å². The Kier molecular flexibility index (Phi) is 6.20. The number of nitrogens with zero attached hydrogens (tertiary/aromatic N) is 1. The highest BCUT2D eigenvalue weighted by Gasteiger charge is 2.11. The van der Waals surface area contributed by atoms with Crippen LogP contribution in [-0.2, 0) is 0 Å². The average molecular weight is 312 g/mol. The molecule has 0 bridgehead atoms. The summed E-state index contributed by atoms with van der Waals surface area (Å²) < 4.78 is 5.73. The number of hydrogen-bond acceptors (Lipinski definition) is 3. The van der Waals surface area contributed by atoms with Gasteiger partial charge in [0.2, 0.25) is 0 Å².